The monoisotopic (exact) mass is 466 g/mol. The number of hydrogen-bond acceptors (Lipinski definition) is 4. The van der Waals surface area contributed by atoms with Gasteiger partial charge in [0.05, 0.1) is 17.3 Å². The van der Waals surface area contributed by atoms with Crippen LogP contribution in [0.5, 0.6) is 0 Å². The van der Waals surface area contributed by atoms with Gasteiger partial charge in [0.2, 0.25) is 11.8 Å². The number of carbonyl (C=O) groups excluding carboxylic acids is 3. The van der Waals surface area contributed by atoms with Gasteiger partial charge in [-0.15, -0.1) is 0 Å². The molecule has 2 aliphatic heterocycles. The second kappa shape index (κ2) is 9.93. The summed E-state index contributed by atoms with van der Waals surface area (Å²) in [5.74, 6) is -0.651. The summed E-state index contributed by atoms with van der Waals surface area (Å²) in [7, 11) is 1.76. The van der Waals surface area contributed by atoms with Crippen molar-refractivity contribution >= 4 is 23.4 Å². The molecule has 0 saturated carbocycles. The first-order chi connectivity index (χ1) is 16.3. The van der Waals surface area contributed by atoms with Gasteiger partial charge in [0.25, 0.3) is 5.91 Å². The Morgan fingerprint density at radius 2 is 1.94 bits per heavy atom. The van der Waals surface area contributed by atoms with E-state index in [9.17, 15) is 18.8 Å². The molecule has 0 radical (unpaired) electrons. The zero-order chi connectivity index (χ0) is 24.4. The third-order valence-electron chi connectivity index (χ3n) is 6.58. The van der Waals surface area contributed by atoms with Crippen molar-refractivity contribution in [1.29, 1.82) is 0 Å². The quantitative estimate of drug-likeness (QED) is 0.610. The SMILES string of the molecule is CN[C@@H](CC(C)C)C(=O)N[C@@H]1CCN2C(=O)c3cc(-c4ccccc4F)ccc3NC(=O)[C@@H]2C1. The van der Waals surface area contributed by atoms with Crippen molar-refractivity contribution in [3.63, 3.8) is 0 Å². The molecule has 180 valence electrons. The van der Waals surface area contributed by atoms with Gasteiger partial charge in [-0.2, -0.15) is 0 Å². The number of piperidine rings is 1. The van der Waals surface area contributed by atoms with Gasteiger partial charge in [0.15, 0.2) is 0 Å². The Hall–Kier alpha value is -3.26. The summed E-state index contributed by atoms with van der Waals surface area (Å²) in [6.07, 6.45) is 1.61. The van der Waals surface area contributed by atoms with E-state index < -0.39 is 6.04 Å². The van der Waals surface area contributed by atoms with Gasteiger partial charge in [-0.25, -0.2) is 4.39 Å². The zero-order valence-corrected chi connectivity index (χ0v) is 19.7. The molecule has 2 heterocycles. The van der Waals surface area contributed by atoms with Crippen molar-refractivity contribution in [2.24, 2.45) is 5.92 Å². The van der Waals surface area contributed by atoms with Crippen LogP contribution in [0.3, 0.4) is 0 Å². The summed E-state index contributed by atoms with van der Waals surface area (Å²) in [4.78, 5) is 40.8. The fourth-order valence-corrected chi connectivity index (χ4v) is 4.78. The van der Waals surface area contributed by atoms with Crippen molar-refractivity contribution in [1.82, 2.24) is 15.5 Å². The van der Waals surface area contributed by atoms with E-state index in [0.717, 1.165) is 0 Å². The maximum absolute atomic E-state index is 14.3. The highest BCUT2D eigenvalue weighted by Crippen LogP contribution is 2.32. The van der Waals surface area contributed by atoms with Crippen molar-refractivity contribution in [3.05, 3.63) is 53.8 Å². The smallest absolute Gasteiger partial charge is 0.256 e. The number of rotatable bonds is 6. The Morgan fingerprint density at radius 1 is 1.18 bits per heavy atom. The van der Waals surface area contributed by atoms with E-state index in [4.69, 9.17) is 0 Å². The van der Waals surface area contributed by atoms with E-state index >= 15 is 0 Å². The molecule has 1 saturated heterocycles. The molecule has 0 bridgehead atoms. The average molecular weight is 467 g/mol. The number of carbonyl (C=O) groups is 3. The van der Waals surface area contributed by atoms with Crippen LogP contribution in [0.1, 0.15) is 43.5 Å². The van der Waals surface area contributed by atoms with Crippen LogP contribution in [-0.2, 0) is 9.59 Å². The highest BCUT2D eigenvalue weighted by molar-refractivity contribution is 6.10. The number of nitrogens with one attached hydrogen (secondary N) is 3. The Labute approximate surface area is 199 Å². The molecular weight excluding hydrogens is 435 g/mol. The Bertz CT molecular complexity index is 1100. The minimum Gasteiger partial charge on any atom is -0.352 e. The van der Waals surface area contributed by atoms with E-state index in [1.165, 1.54) is 6.07 Å². The molecule has 2 aromatic carbocycles. The minimum absolute atomic E-state index is 0.0900. The van der Waals surface area contributed by atoms with E-state index in [2.05, 4.69) is 29.8 Å². The van der Waals surface area contributed by atoms with Crippen LogP contribution in [0.25, 0.3) is 11.1 Å². The number of hydrogen-bond donors (Lipinski definition) is 3. The number of likely N-dealkylation sites (N-methyl/N-ethyl adjacent to an activating group) is 1. The van der Waals surface area contributed by atoms with Gasteiger partial charge in [0.1, 0.15) is 11.9 Å². The maximum atomic E-state index is 14.3. The Morgan fingerprint density at radius 3 is 2.65 bits per heavy atom. The molecule has 8 heteroatoms. The first-order valence-corrected chi connectivity index (χ1v) is 11.8. The third kappa shape index (κ3) is 4.82. The predicted octanol–water partition coefficient (Wildman–Crippen LogP) is 3.17. The molecule has 3 amide bonds. The van der Waals surface area contributed by atoms with Gasteiger partial charge in [-0.05, 0) is 56.0 Å². The van der Waals surface area contributed by atoms with Crippen molar-refractivity contribution in [2.75, 3.05) is 18.9 Å². The van der Waals surface area contributed by atoms with E-state index in [-0.39, 0.29) is 35.6 Å². The lowest BCUT2D eigenvalue weighted by molar-refractivity contribution is -0.126. The van der Waals surface area contributed by atoms with Crippen molar-refractivity contribution in [3.8, 4) is 11.1 Å². The van der Waals surface area contributed by atoms with Gasteiger partial charge in [-0.3, -0.25) is 14.4 Å². The van der Waals surface area contributed by atoms with Crippen molar-refractivity contribution < 1.29 is 18.8 Å². The van der Waals surface area contributed by atoms with Crippen LogP contribution in [0.2, 0.25) is 0 Å². The molecule has 0 spiro atoms. The average Bonchev–Trinajstić information content (AvgIpc) is 2.91. The third-order valence-corrected chi connectivity index (χ3v) is 6.58. The first-order valence-electron chi connectivity index (χ1n) is 11.8. The molecule has 3 atom stereocenters. The second-order valence-corrected chi connectivity index (χ2v) is 9.44. The van der Waals surface area contributed by atoms with Crippen LogP contribution < -0.4 is 16.0 Å². The number of amides is 3. The molecule has 0 aliphatic carbocycles. The molecule has 1 fully saturated rings. The summed E-state index contributed by atoms with van der Waals surface area (Å²) in [6.45, 7) is 4.47. The number of halogens is 1. The standard InChI is InChI=1S/C26H31FN4O3/c1-15(2)12-22(28-3)24(32)29-17-10-11-31-23(14-17)25(33)30-21-9-8-16(13-19(21)26(31)34)18-6-4-5-7-20(18)27/h4-9,13,15,17,22-23,28H,10-12,14H2,1-3H3,(H,29,32)(H,30,33)/t17-,22+,23+/m1/s1. The number of nitrogens with zero attached hydrogens (tertiary/aromatic N) is 1. The topological polar surface area (TPSA) is 90.5 Å². The molecule has 0 unspecified atom stereocenters. The van der Waals surface area contributed by atoms with Crippen molar-refractivity contribution in [2.45, 2.75) is 51.2 Å². The van der Waals surface area contributed by atoms with Gasteiger partial charge in [-0.1, -0.05) is 38.1 Å². The van der Waals surface area contributed by atoms with Crippen LogP contribution >= 0.6 is 0 Å². The summed E-state index contributed by atoms with van der Waals surface area (Å²) in [5.41, 5.74) is 1.72. The maximum Gasteiger partial charge on any atom is 0.256 e. The highest BCUT2D eigenvalue weighted by Gasteiger charge is 2.40. The minimum atomic E-state index is -0.686. The lowest BCUT2D eigenvalue weighted by Crippen LogP contribution is -2.56. The van der Waals surface area contributed by atoms with Crippen LogP contribution in [0, 0.1) is 11.7 Å². The normalized spacial score (nSPS) is 20.8. The van der Waals surface area contributed by atoms with E-state index in [1.807, 2.05) is 0 Å². The molecule has 2 aliphatic rings. The van der Waals surface area contributed by atoms with Gasteiger partial charge >= 0.3 is 0 Å². The van der Waals surface area contributed by atoms with E-state index in [0.29, 0.717) is 54.1 Å². The summed E-state index contributed by atoms with van der Waals surface area (Å²) >= 11 is 0. The summed E-state index contributed by atoms with van der Waals surface area (Å²) in [5, 5.41) is 8.98. The number of benzene rings is 2. The number of fused-ring (bicyclic) bond motifs is 2. The fraction of sp³-hybridized carbons (Fsp3) is 0.423. The largest absolute Gasteiger partial charge is 0.352 e. The highest BCUT2D eigenvalue weighted by atomic mass is 19.1. The fourth-order valence-electron chi connectivity index (χ4n) is 4.78. The number of anilines is 1. The van der Waals surface area contributed by atoms with Crippen LogP contribution in [0.4, 0.5) is 10.1 Å². The van der Waals surface area contributed by atoms with Crippen LogP contribution in [-0.4, -0.2) is 54.3 Å². The molecule has 34 heavy (non-hydrogen) atoms. The molecule has 7 nitrogen and oxygen atoms in total. The summed E-state index contributed by atoms with van der Waals surface area (Å²) in [6, 6.07) is 10.2. The molecule has 0 aromatic heterocycles. The molecular formula is C26H31FN4O3. The Kier molecular flexibility index (Phi) is 6.97. The molecule has 3 N–H and O–H groups in total. The van der Waals surface area contributed by atoms with E-state index in [1.54, 1.807) is 48.3 Å². The van der Waals surface area contributed by atoms with Crippen LogP contribution in [0.15, 0.2) is 42.5 Å². The van der Waals surface area contributed by atoms with Gasteiger partial charge < -0.3 is 20.9 Å². The summed E-state index contributed by atoms with van der Waals surface area (Å²) < 4.78 is 14.3. The van der Waals surface area contributed by atoms with Gasteiger partial charge in [0, 0.05) is 18.2 Å². The second-order valence-electron chi connectivity index (χ2n) is 9.44. The molecule has 2 aromatic rings. The Balaban J connectivity index is 1.53. The lowest BCUT2D eigenvalue weighted by atomic mass is 9.95. The first kappa shape index (κ1) is 23.9. The predicted molar refractivity (Wildman–Crippen MR) is 129 cm³/mol. The lowest BCUT2D eigenvalue weighted by Gasteiger charge is -2.37. The molecule has 4 rings (SSSR count). The zero-order valence-electron chi connectivity index (χ0n) is 19.7.